The number of hydrogen-bond acceptors (Lipinski definition) is 4. The minimum atomic E-state index is -1.05. The summed E-state index contributed by atoms with van der Waals surface area (Å²) in [5.41, 5.74) is 1.91. The number of benzene rings is 1. The van der Waals surface area contributed by atoms with Gasteiger partial charge in [0.15, 0.2) is 0 Å². The average molecular weight is 369 g/mol. The zero-order valence-electron chi connectivity index (χ0n) is 13.4. The Morgan fingerprint density at radius 1 is 1.08 bits per heavy atom. The molecule has 1 unspecified atom stereocenters. The summed E-state index contributed by atoms with van der Waals surface area (Å²) in [4.78, 5) is 4.91. The number of aromatic nitrogens is 1. The molecule has 0 fully saturated rings. The fourth-order valence-electron chi connectivity index (χ4n) is 2.87. The van der Waals surface area contributed by atoms with Gasteiger partial charge in [0.05, 0.1) is 0 Å². The van der Waals surface area contributed by atoms with Crippen LogP contribution in [0.4, 0.5) is 8.78 Å². The maximum atomic E-state index is 13.7. The van der Waals surface area contributed by atoms with Gasteiger partial charge in [0, 0.05) is 45.6 Å². The number of halogens is 2. The number of aliphatic hydroxyl groups is 1. The van der Waals surface area contributed by atoms with Crippen molar-refractivity contribution in [3.05, 3.63) is 89.3 Å². The highest BCUT2D eigenvalue weighted by Gasteiger charge is 2.25. The third-order valence-electron chi connectivity index (χ3n) is 4.01. The number of nitrogens with zero attached hydrogens (tertiary/aromatic N) is 1. The highest BCUT2D eigenvalue weighted by Crippen LogP contribution is 2.42. The van der Waals surface area contributed by atoms with E-state index < -0.39 is 17.7 Å². The molecule has 1 aromatic carbocycles. The highest BCUT2D eigenvalue weighted by atomic mass is 32.1. The predicted octanol–water partition coefficient (Wildman–Crippen LogP) is 5.43. The number of furan rings is 1. The molecular weight excluding hydrogens is 356 g/mol. The number of pyridine rings is 1. The van der Waals surface area contributed by atoms with Crippen molar-refractivity contribution < 1.29 is 18.3 Å². The van der Waals surface area contributed by atoms with E-state index in [9.17, 15) is 13.9 Å². The first-order valence-corrected chi connectivity index (χ1v) is 8.71. The third-order valence-corrected chi connectivity index (χ3v) is 4.92. The molecule has 4 aromatic rings. The first-order chi connectivity index (χ1) is 12.6. The van der Waals surface area contributed by atoms with Crippen LogP contribution < -0.4 is 0 Å². The van der Waals surface area contributed by atoms with E-state index in [1.165, 1.54) is 29.7 Å². The Balaban J connectivity index is 1.92. The Morgan fingerprint density at radius 2 is 1.88 bits per heavy atom. The molecule has 0 aliphatic carbocycles. The van der Waals surface area contributed by atoms with Crippen LogP contribution in [0.3, 0.4) is 0 Å². The molecule has 26 heavy (non-hydrogen) atoms. The summed E-state index contributed by atoms with van der Waals surface area (Å²) in [6.07, 6.45) is 3.60. The van der Waals surface area contributed by atoms with Crippen LogP contribution in [0.1, 0.15) is 17.2 Å². The lowest BCUT2D eigenvalue weighted by Gasteiger charge is -2.13. The Morgan fingerprint density at radius 3 is 2.54 bits per heavy atom. The Bertz CT molecular complexity index is 1010. The van der Waals surface area contributed by atoms with Gasteiger partial charge in [-0.3, -0.25) is 4.98 Å². The molecular formula is C20H13F2NO2S. The lowest BCUT2D eigenvalue weighted by atomic mass is 9.96. The van der Waals surface area contributed by atoms with Crippen molar-refractivity contribution in [2.24, 2.45) is 0 Å². The van der Waals surface area contributed by atoms with E-state index >= 15 is 0 Å². The summed E-state index contributed by atoms with van der Waals surface area (Å²) in [6, 6.07) is 10.4. The molecule has 4 rings (SSSR count). The molecule has 0 bridgehead atoms. The molecule has 0 saturated heterocycles. The van der Waals surface area contributed by atoms with E-state index in [-0.39, 0.29) is 11.3 Å². The largest absolute Gasteiger partial charge is 0.463 e. The van der Waals surface area contributed by atoms with Crippen molar-refractivity contribution in [3.63, 3.8) is 0 Å². The first-order valence-electron chi connectivity index (χ1n) is 7.83. The average Bonchev–Trinajstić information content (AvgIpc) is 3.30. The predicted molar refractivity (Wildman–Crippen MR) is 95.7 cm³/mol. The Kier molecular flexibility index (Phi) is 4.36. The molecule has 6 heteroatoms. The number of rotatable bonds is 4. The molecule has 1 atom stereocenters. The molecule has 0 amide bonds. The van der Waals surface area contributed by atoms with Gasteiger partial charge in [-0.05, 0) is 29.6 Å². The van der Waals surface area contributed by atoms with Crippen LogP contribution in [0, 0.1) is 11.6 Å². The summed E-state index contributed by atoms with van der Waals surface area (Å²) in [7, 11) is 0. The topological polar surface area (TPSA) is 46.3 Å². The molecule has 130 valence electrons. The maximum absolute atomic E-state index is 13.7. The van der Waals surface area contributed by atoms with Crippen LogP contribution >= 0.6 is 11.3 Å². The fourth-order valence-corrected chi connectivity index (χ4v) is 3.62. The van der Waals surface area contributed by atoms with E-state index in [0.717, 1.165) is 10.9 Å². The van der Waals surface area contributed by atoms with E-state index in [2.05, 4.69) is 4.98 Å². The lowest BCUT2D eigenvalue weighted by Crippen LogP contribution is -2.02. The van der Waals surface area contributed by atoms with Crippen molar-refractivity contribution in [2.75, 3.05) is 0 Å². The van der Waals surface area contributed by atoms with Crippen LogP contribution in [0.5, 0.6) is 0 Å². The van der Waals surface area contributed by atoms with Gasteiger partial charge in [0.25, 0.3) is 0 Å². The summed E-state index contributed by atoms with van der Waals surface area (Å²) in [6.45, 7) is 0. The zero-order chi connectivity index (χ0) is 18.1. The van der Waals surface area contributed by atoms with E-state index in [4.69, 9.17) is 4.42 Å². The molecule has 3 heterocycles. The van der Waals surface area contributed by atoms with Gasteiger partial charge in [-0.2, -0.15) is 0 Å². The van der Waals surface area contributed by atoms with Gasteiger partial charge < -0.3 is 9.52 Å². The Labute approximate surface area is 152 Å². The van der Waals surface area contributed by atoms with Crippen LogP contribution in [0.25, 0.3) is 21.8 Å². The first kappa shape index (κ1) is 16.6. The minimum absolute atomic E-state index is 0.225. The SMILES string of the molecule is OC(c1cccnc1)c1c(-c2cccs2)coc1-c1cc(F)cc(F)c1. The summed E-state index contributed by atoms with van der Waals surface area (Å²) >= 11 is 1.48. The summed E-state index contributed by atoms with van der Waals surface area (Å²) in [5.74, 6) is -1.20. The van der Waals surface area contributed by atoms with Gasteiger partial charge in [-0.1, -0.05) is 12.1 Å². The van der Waals surface area contributed by atoms with Gasteiger partial charge in [-0.15, -0.1) is 11.3 Å². The van der Waals surface area contributed by atoms with Crippen molar-refractivity contribution in [2.45, 2.75) is 6.10 Å². The van der Waals surface area contributed by atoms with E-state index in [1.807, 2.05) is 17.5 Å². The molecule has 0 spiro atoms. The molecule has 3 nitrogen and oxygen atoms in total. The van der Waals surface area contributed by atoms with E-state index in [0.29, 0.717) is 16.7 Å². The lowest BCUT2D eigenvalue weighted by molar-refractivity contribution is 0.220. The second-order valence-electron chi connectivity index (χ2n) is 5.72. The highest BCUT2D eigenvalue weighted by molar-refractivity contribution is 7.13. The zero-order valence-corrected chi connectivity index (χ0v) is 14.2. The van der Waals surface area contributed by atoms with Gasteiger partial charge in [0.1, 0.15) is 29.8 Å². The van der Waals surface area contributed by atoms with Gasteiger partial charge in [-0.25, -0.2) is 8.78 Å². The molecule has 0 saturated carbocycles. The van der Waals surface area contributed by atoms with Crippen molar-refractivity contribution >= 4 is 11.3 Å². The van der Waals surface area contributed by atoms with Crippen LogP contribution in [0.15, 0.2) is 70.9 Å². The normalized spacial score (nSPS) is 12.3. The minimum Gasteiger partial charge on any atom is -0.463 e. The van der Waals surface area contributed by atoms with Crippen LogP contribution in [-0.4, -0.2) is 10.1 Å². The molecule has 0 aliphatic rings. The summed E-state index contributed by atoms with van der Waals surface area (Å²) < 4.78 is 33.0. The van der Waals surface area contributed by atoms with Gasteiger partial charge in [0.2, 0.25) is 0 Å². The number of thiophene rings is 1. The summed E-state index contributed by atoms with van der Waals surface area (Å²) in [5, 5.41) is 12.9. The maximum Gasteiger partial charge on any atom is 0.140 e. The number of hydrogen-bond donors (Lipinski definition) is 1. The smallest absolute Gasteiger partial charge is 0.140 e. The molecule has 1 N–H and O–H groups in total. The van der Waals surface area contributed by atoms with Crippen LogP contribution in [-0.2, 0) is 0 Å². The Hall–Kier alpha value is -2.83. The fraction of sp³-hybridized carbons (Fsp3) is 0.0500. The van der Waals surface area contributed by atoms with Crippen molar-refractivity contribution in [3.8, 4) is 21.8 Å². The second kappa shape index (κ2) is 6.82. The van der Waals surface area contributed by atoms with E-state index in [1.54, 1.807) is 24.5 Å². The third kappa shape index (κ3) is 3.05. The molecule has 0 aliphatic heterocycles. The molecule has 3 aromatic heterocycles. The second-order valence-corrected chi connectivity index (χ2v) is 6.66. The quantitative estimate of drug-likeness (QED) is 0.522. The van der Waals surface area contributed by atoms with Gasteiger partial charge >= 0.3 is 0 Å². The number of aliphatic hydroxyl groups excluding tert-OH is 1. The monoisotopic (exact) mass is 369 g/mol. The molecule has 0 radical (unpaired) electrons. The van der Waals surface area contributed by atoms with Crippen LogP contribution in [0.2, 0.25) is 0 Å². The standard InChI is InChI=1S/C20H13F2NO2S/c21-14-7-13(8-15(22)9-14)20-18(19(24)12-3-1-5-23-10-12)16(11-25-20)17-4-2-6-26-17/h1-11,19,24H. The van der Waals surface area contributed by atoms with Crippen molar-refractivity contribution in [1.82, 2.24) is 4.98 Å². The van der Waals surface area contributed by atoms with Crippen molar-refractivity contribution in [1.29, 1.82) is 0 Å².